The van der Waals surface area contributed by atoms with Crippen molar-refractivity contribution < 1.29 is 9.59 Å². The van der Waals surface area contributed by atoms with Crippen LogP contribution in [0, 0.1) is 0 Å². The first-order valence-electron chi connectivity index (χ1n) is 4.49. The van der Waals surface area contributed by atoms with E-state index in [1.165, 1.54) is 12.2 Å². The lowest BCUT2D eigenvalue weighted by molar-refractivity contribution is 0.0990. The molecule has 0 unspecified atom stereocenters. The molecule has 0 bridgehead atoms. The SMILES string of the molecule is CCc1ccc2c(n1)C(=O)C=CC2=O. The van der Waals surface area contributed by atoms with Crippen molar-refractivity contribution in [1.29, 1.82) is 0 Å². The summed E-state index contributed by atoms with van der Waals surface area (Å²) in [7, 11) is 0. The van der Waals surface area contributed by atoms with E-state index in [0.717, 1.165) is 12.1 Å². The van der Waals surface area contributed by atoms with Crippen molar-refractivity contribution in [2.24, 2.45) is 0 Å². The van der Waals surface area contributed by atoms with E-state index in [-0.39, 0.29) is 17.3 Å². The van der Waals surface area contributed by atoms with Crippen molar-refractivity contribution in [3.05, 3.63) is 41.2 Å². The monoisotopic (exact) mass is 187 g/mol. The fraction of sp³-hybridized carbons (Fsp3) is 0.182. The summed E-state index contributed by atoms with van der Waals surface area (Å²) in [5.41, 5.74) is 1.53. The minimum atomic E-state index is -0.185. The average Bonchev–Trinajstić information content (AvgIpc) is 2.23. The van der Waals surface area contributed by atoms with Crippen LogP contribution in [-0.4, -0.2) is 16.6 Å². The first kappa shape index (κ1) is 8.81. The van der Waals surface area contributed by atoms with E-state index in [1.807, 2.05) is 6.92 Å². The first-order valence-corrected chi connectivity index (χ1v) is 4.49. The number of aryl methyl sites for hydroxylation is 1. The van der Waals surface area contributed by atoms with Gasteiger partial charge in [-0.3, -0.25) is 9.59 Å². The minimum absolute atomic E-state index is 0.144. The zero-order valence-corrected chi connectivity index (χ0v) is 7.78. The van der Waals surface area contributed by atoms with Gasteiger partial charge in [-0.05, 0) is 30.7 Å². The number of carbonyl (C=O) groups is 2. The molecule has 0 amide bonds. The van der Waals surface area contributed by atoms with Gasteiger partial charge in [-0.25, -0.2) is 4.98 Å². The van der Waals surface area contributed by atoms with Crippen LogP contribution >= 0.6 is 0 Å². The molecule has 0 radical (unpaired) electrons. The second kappa shape index (κ2) is 3.18. The first-order chi connectivity index (χ1) is 6.72. The van der Waals surface area contributed by atoms with Gasteiger partial charge in [-0.2, -0.15) is 0 Å². The quantitative estimate of drug-likeness (QED) is 0.670. The summed E-state index contributed by atoms with van der Waals surface area (Å²) in [4.78, 5) is 26.9. The predicted octanol–water partition coefficient (Wildman–Crippen LogP) is 1.58. The number of carbonyl (C=O) groups excluding carboxylic acids is 2. The van der Waals surface area contributed by atoms with Crippen molar-refractivity contribution in [3.63, 3.8) is 0 Å². The second-order valence-electron chi connectivity index (χ2n) is 3.11. The fourth-order valence-electron chi connectivity index (χ4n) is 1.40. The number of ketones is 2. The molecule has 1 aromatic rings. The highest BCUT2D eigenvalue weighted by molar-refractivity contribution is 6.21. The smallest absolute Gasteiger partial charge is 0.205 e. The number of allylic oxidation sites excluding steroid dienone is 2. The van der Waals surface area contributed by atoms with Crippen LogP contribution in [-0.2, 0) is 6.42 Å². The molecule has 0 aromatic carbocycles. The van der Waals surface area contributed by atoms with Crippen LogP contribution in [0.5, 0.6) is 0 Å². The molecule has 0 spiro atoms. The number of fused-ring (bicyclic) bond motifs is 1. The lowest BCUT2D eigenvalue weighted by atomic mass is 9.99. The van der Waals surface area contributed by atoms with Crippen LogP contribution in [0.25, 0.3) is 0 Å². The Bertz CT molecular complexity index is 447. The van der Waals surface area contributed by atoms with Crippen molar-refractivity contribution in [3.8, 4) is 0 Å². The molecule has 3 nitrogen and oxygen atoms in total. The van der Waals surface area contributed by atoms with Gasteiger partial charge in [-0.15, -0.1) is 0 Å². The lowest BCUT2D eigenvalue weighted by Crippen LogP contribution is -2.14. The molecule has 14 heavy (non-hydrogen) atoms. The second-order valence-corrected chi connectivity index (χ2v) is 3.11. The molecule has 1 aliphatic carbocycles. The summed E-state index contributed by atoms with van der Waals surface area (Å²) in [5, 5.41) is 0. The summed E-state index contributed by atoms with van der Waals surface area (Å²) in [6.07, 6.45) is 3.33. The van der Waals surface area contributed by atoms with Gasteiger partial charge in [0.2, 0.25) is 5.78 Å². The molecule has 0 N–H and O–H groups in total. The van der Waals surface area contributed by atoms with E-state index in [2.05, 4.69) is 4.98 Å². The minimum Gasteiger partial charge on any atom is -0.289 e. The van der Waals surface area contributed by atoms with Crippen LogP contribution in [0.2, 0.25) is 0 Å². The number of aromatic nitrogens is 1. The summed E-state index contributed by atoms with van der Waals surface area (Å²) < 4.78 is 0. The Morgan fingerprint density at radius 2 is 1.86 bits per heavy atom. The topological polar surface area (TPSA) is 47.0 Å². The van der Waals surface area contributed by atoms with E-state index in [4.69, 9.17) is 0 Å². The molecular weight excluding hydrogens is 178 g/mol. The maximum absolute atomic E-state index is 11.4. The highest BCUT2D eigenvalue weighted by atomic mass is 16.1. The molecule has 1 aromatic heterocycles. The van der Waals surface area contributed by atoms with Gasteiger partial charge >= 0.3 is 0 Å². The molecule has 0 saturated carbocycles. The highest BCUT2D eigenvalue weighted by Gasteiger charge is 2.20. The van der Waals surface area contributed by atoms with Gasteiger partial charge in [0.25, 0.3) is 0 Å². The molecule has 0 atom stereocenters. The van der Waals surface area contributed by atoms with E-state index >= 15 is 0 Å². The van der Waals surface area contributed by atoms with Crippen LogP contribution in [0.15, 0.2) is 24.3 Å². The van der Waals surface area contributed by atoms with Gasteiger partial charge in [0.1, 0.15) is 5.69 Å². The number of hydrogen-bond donors (Lipinski definition) is 0. The molecule has 0 aliphatic heterocycles. The molecule has 0 saturated heterocycles. The van der Waals surface area contributed by atoms with Gasteiger partial charge < -0.3 is 0 Å². The Morgan fingerprint density at radius 3 is 2.57 bits per heavy atom. The summed E-state index contributed by atoms with van der Waals surface area (Å²) in [5.74, 6) is -0.329. The van der Waals surface area contributed by atoms with Crippen LogP contribution < -0.4 is 0 Å². The maximum Gasteiger partial charge on any atom is 0.205 e. The van der Waals surface area contributed by atoms with Crippen molar-refractivity contribution in [2.45, 2.75) is 13.3 Å². The van der Waals surface area contributed by atoms with Gasteiger partial charge in [0.15, 0.2) is 5.78 Å². The zero-order valence-electron chi connectivity index (χ0n) is 7.78. The third kappa shape index (κ3) is 1.27. The molecule has 70 valence electrons. The normalized spacial score (nSPS) is 14.4. The Morgan fingerprint density at radius 1 is 1.14 bits per heavy atom. The summed E-state index contributed by atoms with van der Waals surface area (Å²) in [6.45, 7) is 1.96. The van der Waals surface area contributed by atoms with Crippen LogP contribution in [0.4, 0.5) is 0 Å². The van der Waals surface area contributed by atoms with Crippen LogP contribution in [0.1, 0.15) is 33.5 Å². The summed E-state index contributed by atoms with van der Waals surface area (Å²) >= 11 is 0. The fourth-order valence-corrected chi connectivity index (χ4v) is 1.40. The third-order valence-electron chi connectivity index (χ3n) is 2.20. The van der Waals surface area contributed by atoms with Gasteiger partial charge in [-0.1, -0.05) is 6.92 Å². The van der Waals surface area contributed by atoms with Crippen molar-refractivity contribution in [2.75, 3.05) is 0 Å². The highest BCUT2D eigenvalue weighted by Crippen LogP contribution is 2.15. The molecule has 0 fully saturated rings. The lowest BCUT2D eigenvalue weighted by Gasteiger charge is -2.08. The average molecular weight is 187 g/mol. The molecular formula is C11H9NO2. The summed E-state index contributed by atoms with van der Waals surface area (Å²) in [6, 6.07) is 3.45. The Balaban J connectivity index is 2.61. The number of rotatable bonds is 1. The van der Waals surface area contributed by atoms with Gasteiger partial charge in [0.05, 0.1) is 5.56 Å². The molecule has 3 heteroatoms. The molecule has 1 aliphatic rings. The van der Waals surface area contributed by atoms with Gasteiger partial charge in [0, 0.05) is 5.69 Å². The molecule has 1 heterocycles. The maximum atomic E-state index is 11.4. The van der Waals surface area contributed by atoms with E-state index in [1.54, 1.807) is 12.1 Å². The Labute approximate surface area is 81.5 Å². The van der Waals surface area contributed by atoms with Crippen molar-refractivity contribution in [1.82, 2.24) is 4.98 Å². The number of nitrogens with zero attached hydrogens (tertiary/aromatic N) is 1. The standard InChI is InChI=1S/C11H9NO2/c1-2-7-3-4-8-9(13)5-6-10(14)11(8)12-7/h3-6H,2H2,1H3. The number of pyridine rings is 1. The van der Waals surface area contributed by atoms with Crippen molar-refractivity contribution >= 4 is 11.6 Å². The largest absolute Gasteiger partial charge is 0.289 e. The van der Waals surface area contributed by atoms with Crippen LogP contribution in [0.3, 0.4) is 0 Å². The molecule has 2 rings (SSSR count). The van der Waals surface area contributed by atoms with E-state index in [0.29, 0.717) is 5.56 Å². The van der Waals surface area contributed by atoms with E-state index in [9.17, 15) is 9.59 Å². The Hall–Kier alpha value is -1.77. The van der Waals surface area contributed by atoms with E-state index < -0.39 is 0 Å². The number of hydrogen-bond acceptors (Lipinski definition) is 3. The third-order valence-corrected chi connectivity index (χ3v) is 2.20. The zero-order chi connectivity index (χ0) is 10.1. The predicted molar refractivity (Wildman–Crippen MR) is 51.4 cm³/mol. The Kier molecular flexibility index (Phi) is 2.00.